The van der Waals surface area contributed by atoms with Crippen molar-refractivity contribution in [1.29, 1.82) is 0 Å². The van der Waals surface area contributed by atoms with Gasteiger partial charge in [-0.1, -0.05) is 47.9 Å². The van der Waals surface area contributed by atoms with Crippen LogP contribution >= 0.6 is 22.6 Å². The van der Waals surface area contributed by atoms with Crippen LogP contribution in [0, 0.1) is 5.92 Å². The number of carbonyl (C=O) groups excluding carboxylic acids is 1. The zero-order valence-electron chi connectivity index (χ0n) is 18.9. The molecule has 0 bridgehead atoms. The van der Waals surface area contributed by atoms with Gasteiger partial charge in [-0.2, -0.15) is 17.5 Å². The quantitative estimate of drug-likeness (QED) is 0.291. The van der Waals surface area contributed by atoms with Crippen LogP contribution in [0.5, 0.6) is 0 Å². The van der Waals surface area contributed by atoms with E-state index in [1.54, 1.807) is 4.90 Å². The zero-order valence-corrected chi connectivity index (χ0v) is 21.9. The second kappa shape index (κ2) is 10.2. The molecule has 1 saturated heterocycles. The maximum Gasteiger partial charge on any atom is 0.416 e. The van der Waals surface area contributed by atoms with Crippen molar-refractivity contribution in [1.82, 2.24) is 9.21 Å². The molecule has 2 aliphatic carbocycles. The summed E-state index contributed by atoms with van der Waals surface area (Å²) in [6, 6.07) is 2.83. The van der Waals surface area contributed by atoms with E-state index in [0.29, 0.717) is 38.3 Å². The SMILES string of the molecule is NC(C(=O)N1CCC(N(C2CC2)S(=O)(=O)c2cccc(C(F)(F)F)c2)CC1I)C1CCCCC1. The number of piperidine rings is 1. The van der Waals surface area contributed by atoms with E-state index >= 15 is 0 Å². The van der Waals surface area contributed by atoms with E-state index in [2.05, 4.69) is 22.6 Å². The third-order valence-corrected chi connectivity index (χ3v) is 10.4. The van der Waals surface area contributed by atoms with Crippen molar-refractivity contribution >= 4 is 38.5 Å². The number of sulfonamides is 1. The van der Waals surface area contributed by atoms with Gasteiger partial charge in [0.2, 0.25) is 15.9 Å². The zero-order chi connectivity index (χ0) is 24.7. The largest absolute Gasteiger partial charge is 0.416 e. The highest BCUT2D eigenvalue weighted by atomic mass is 127. The molecule has 0 spiro atoms. The number of amides is 1. The van der Waals surface area contributed by atoms with Crippen LogP contribution in [-0.4, -0.2) is 52.2 Å². The summed E-state index contributed by atoms with van der Waals surface area (Å²) in [5.74, 6) is 0.107. The first kappa shape index (κ1) is 26.2. The lowest BCUT2D eigenvalue weighted by molar-refractivity contribution is -0.138. The number of hydrogen-bond acceptors (Lipinski definition) is 4. The smallest absolute Gasteiger partial charge is 0.329 e. The van der Waals surface area contributed by atoms with Crippen molar-refractivity contribution in [3.63, 3.8) is 0 Å². The average molecular weight is 613 g/mol. The van der Waals surface area contributed by atoms with Crippen LogP contribution in [0.15, 0.2) is 29.2 Å². The first-order valence-electron chi connectivity index (χ1n) is 11.9. The van der Waals surface area contributed by atoms with Crippen molar-refractivity contribution in [2.45, 2.75) is 91.0 Å². The van der Waals surface area contributed by atoms with E-state index in [1.807, 2.05) is 0 Å². The minimum Gasteiger partial charge on any atom is -0.329 e. The molecule has 190 valence electrons. The van der Waals surface area contributed by atoms with E-state index in [9.17, 15) is 26.4 Å². The van der Waals surface area contributed by atoms with Crippen LogP contribution in [0.4, 0.5) is 13.2 Å². The number of carbonyl (C=O) groups is 1. The first-order chi connectivity index (χ1) is 16.0. The lowest BCUT2D eigenvalue weighted by Crippen LogP contribution is -2.56. The number of hydrogen-bond donors (Lipinski definition) is 1. The minimum atomic E-state index is -4.62. The Morgan fingerprint density at radius 3 is 2.35 bits per heavy atom. The third kappa shape index (κ3) is 5.57. The summed E-state index contributed by atoms with van der Waals surface area (Å²) >= 11 is 2.17. The number of nitrogens with two attached hydrogens (primary N) is 1. The summed E-state index contributed by atoms with van der Waals surface area (Å²) in [4.78, 5) is 14.6. The second-order valence-electron chi connectivity index (χ2n) is 9.66. The summed E-state index contributed by atoms with van der Waals surface area (Å²) in [5, 5.41) is 0. The van der Waals surface area contributed by atoms with Gasteiger partial charge in [0, 0.05) is 18.6 Å². The molecule has 3 fully saturated rings. The molecule has 0 radical (unpaired) electrons. The van der Waals surface area contributed by atoms with Crippen molar-refractivity contribution in [3.05, 3.63) is 29.8 Å². The Bertz CT molecular complexity index is 997. The van der Waals surface area contributed by atoms with E-state index in [1.165, 1.54) is 16.8 Å². The van der Waals surface area contributed by atoms with Gasteiger partial charge < -0.3 is 10.6 Å². The normalized spacial score (nSPS) is 26.0. The van der Waals surface area contributed by atoms with Crippen molar-refractivity contribution in [2.24, 2.45) is 11.7 Å². The Hall–Kier alpha value is -0.920. The predicted molar refractivity (Wildman–Crippen MR) is 131 cm³/mol. The molecule has 2 N–H and O–H groups in total. The van der Waals surface area contributed by atoms with Gasteiger partial charge in [-0.25, -0.2) is 8.42 Å². The molecule has 1 heterocycles. The van der Waals surface area contributed by atoms with E-state index in [4.69, 9.17) is 5.73 Å². The van der Waals surface area contributed by atoms with Crippen LogP contribution in [0.1, 0.15) is 63.4 Å². The Kier molecular flexibility index (Phi) is 7.86. The Morgan fingerprint density at radius 2 is 1.76 bits per heavy atom. The summed E-state index contributed by atoms with van der Waals surface area (Å²) in [7, 11) is -4.11. The predicted octanol–water partition coefficient (Wildman–Crippen LogP) is 4.52. The molecule has 11 heteroatoms. The Morgan fingerprint density at radius 1 is 1.09 bits per heavy atom. The van der Waals surface area contributed by atoms with Gasteiger partial charge in [-0.15, -0.1) is 0 Å². The van der Waals surface area contributed by atoms with Gasteiger partial charge in [0.25, 0.3) is 0 Å². The number of likely N-dealkylation sites (tertiary alicyclic amines) is 1. The lowest BCUT2D eigenvalue weighted by atomic mass is 9.83. The molecule has 1 aliphatic heterocycles. The summed E-state index contributed by atoms with van der Waals surface area (Å²) in [5.41, 5.74) is 5.36. The maximum absolute atomic E-state index is 13.5. The molecule has 3 atom stereocenters. The fourth-order valence-corrected chi connectivity index (χ4v) is 8.34. The van der Waals surface area contributed by atoms with Gasteiger partial charge in [0.05, 0.1) is 20.5 Å². The molecule has 34 heavy (non-hydrogen) atoms. The molecule has 3 aliphatic rings. The van der Waals surface area contributed by atoms with Crippen LogP contribution < -0.4 is 5.73 Å². The second-order valence-corrected chi connectivity index (χ2v) is 12.9. The molecule has 1 aromatic rings. The van der Waals surface area contributed by atoms with Crippen LogP contribution in [0.25, 0.3) is 0 Å². The average Bonchev–Trinajstić information content (AvgIpc) is 3.63. The monoisotopic (exact) mass is 613 g/mol. The number of rotatable bonds is 6. The Balaban J connectivity index is 1.49. The van der Waals surface area contributed by atoms with E-state index in [-0.39, 0.29) is 32.9 Å². The third-order valence-electron chi connectivity index (χ3n) is 7.24. The highest BCUT2D eigenvalue weighted by molar-refractivity contribution is 14.1. The van der Waals surface area contributed by atoms with Gasteiger partial charge in [-0.05, 0) is 62.6 Å². The molecule has 1 aromatic carbocycles. The molecule has 4 rings (SSSR count). The standard InChI is InChI=1S/C23H31F3IN3O3S/c24-23(25,26)16-7-4-8-19(13-16)34(32,33)30(17-9-10-17)18-11-12-29(20(27)14-18)22(31)21(28)15-5-2-1-3-6-15/h4,7-8,13,15,17-18,20-21H,1-3,5-6,9-12,14,28H2. The minimum absolute atomic E-state index is 0.0801. The number of benzene rings is 1. The Labute approximate surface area is 212 Å². The molecular formula is C23H31F3IN3O3S. The maximum atomic E-state index is 13.5. The molecule has 3 unspecified atom stereocenters. The van der Waals surface area contributed by atoms with E-state index in [0.717, 1.165) is 37.8 Å². The fourth-order valence-electron chi connectivity index (χ4n) is 5.24. The van der Waals surface area contributed by atoms with Crippen molar-refractivity contribution < 1.29 is 26.4 Å². The fraction of sp³-hybridized carbons (Fsp3) is 0.696. The highest BCUT2D eigenvalue weighted by Gasteiger charge is 2.46. The molecule has 6 nitrogen and oxygen atoms in total. The van der Waals surface area contributed by atoms with Crippen LogP contribution in [0.2, 0.25) is 0 Å². The molecule has 1 amide bonds. The number of alkyl halides is 4. The van der Waals surface area contributed by atoms with Crippen LogP contribution in [-0.2, 0) is 21.0 Å². The van der Waals surface area contributed by atoms with Gasteiger partial charge >= 0.3 is 6.18 Å². The van der Waals surface area contributed by atoms with E-state index < -0.39 is 27.8 Å². The van der Waals surface area contributed by atoms with Crippen molar-refractivity contribution in [2.75, 3.05) is 6.54 Å². The van der Waals surface area contributed by atoms with Gasteiger partial charge in [0.15, 0.2) is 0 Å². The van der Waals surface area contributed by atoms with Crippen LogP contribution in [0.3, 0.4) is 0 Å². The topological polar surface area (TPSA) is 83.7 Å². The molecule has 0 aromatic heterocycles. The van der Waals surface area contributed by atoms with Gasteiger partial charge in [0.1, 0.15) is 0 Å². The molecule has 2 saturated carbocycles. The highest BCUT2D eigenvalue weighted by Crippen LogP contribution is 2.40. The number of nitrogens with zero attached hydrogens (tertiary/aromatic N) is 2. The summed E-state index contributed by atoms with van der Waals surface area (Å²) in [6.45, 7) is 0.388. The van der Waals surface area contributed by atoms with Gasteiger partial charge in [-0.3, -0.25) is 4.79 Å². The number of halogens is 4. The summed E-state index contributed by atoms with van der Waals surface area (Å²) in [6.07, 6.45) is 2.90. The first-order valence-corrected chi connectivity index (χ1v) is 14.6. The lowest BCUT2D eigenvalue weighted by Gasteiger charge is -2.42. The summed E-state index contributed by atoms with van der Waals surface area (Å²) < 4.78 is 67.7. The van der Waals surface area contributed by atoms with Crippen molar-refractivity contribution in [3.8, 4) is 0 Å². The molecular weight excluding hydrogens is 582 g/mol.